The fourth-order valence-electron chi connectivity index (χ4n) is 2.05. The highest BCUT2D eigenvalue weighted by Crippen LogP contribution is 2.27. The lowest BCUT2D eigenvalue weighted by atomic mass is 10.1. The summed E-state index contributed by atoms with van der Waals surface area (Å²) in [4.78, 5) is 4.53. The van der Waals surface area contributed by atoms with Crippen LogP contribution in [0.1, 0.15) is 10.6 Å². The molecule has 23 heavy (non-hydrogen) atoms. The van der Waals surface area contributed by atoms with Crippen molar-refractivity contribution < 1.29 is 4.39 Å². The number of allylic oxidation sites excluding steroid dienone is 1. The van der Waals surface area contributed by atoms with E-state index < -0.39 is 0 Å². The smallest absolute Gasteiger partial charge is 0.137 e. The first-order valence-electron chi connectivity index (χ1n) is 6.75. The van der Waals surface area contributed by atoms with E-state index in [1.54, 1.807) is 18.2 Å². The minimum atomic E-state index is -0.332. The summed E-state index contributed by atoms with van der Waals surface area (Å²) in [7, 11) is 0. The van der Waals surface area contributed by atoms with Gasteiger partial charge in [0.2, 0.25) is 0 Å². The molecule has 0 unspecified atom stereocenters. The molecule has 0 aliphatic rings. The second-order valence-corrected chi connectivity index (χ2v) is 6.46. The molecule has 2 nitrogen and oxygen atoms in total. The first kappa shape index (κ1) is 15.6. The van der Waals surface area contributed by atoms with E-state index in [1.165, 1.54) is 17.4 Å². The summed E-state index contributed by atoms with van der Waals surface area (Å²) >= 11 is 4.56. The van der Waals surface area contributed by atoms with Crippen LogP contribution in [-0.2, 0) is 0 Å². The van der Waals surface area contributed by atoms with Crippen molar-refractivity contribution in [1.82, 2.24) is 4.98 Å². The number of halogens is 2. The highest BCUT2D eigenvalue weighted by Gasteiger charge is 2.09. The fourth-order valence-corrected chi connectivity index (χ4v) is 3.24. The Hall–Kier alpha value is -2.29. The Morgan fingerprint density at radius 3 is 2.70 bits per heavy atom. The van der Waals surface area contributed by atoms with Crippen LogP contribution in [0.4, 0.5) is 4.39 Å². The Morgan fingerprint density at radius 2 is 2.00 bits per heavy atom. The average Bonchev–Trinajstić information content (AvgIpc) is 3.06. The lowest BCUT2D eigenvalue weighted by molar-refractivity contribution is 0.621. The van der Waals surface area contributed by atoms with Gasteiger partial charge in [-0.25, -0.2) is 9.37 Å². The highest BCUT2D eigenvalue weighted by molar-refractivity contribution is 9.10. The van der Waals surface area contributed by atoms with Gasteiger partial charge in [0.25, 0.3) is 0 Å². The van der Waals surface area contributed by atoms with Gasteiger partial charge in [-0.2, -0.15) is 5.26 Å². The predicted molar refractivity (Wildman–Crippen MR) is 95.1 cm³/mol. The molecule has 0 radical (unpaired) electrons. The molecule has 2 aromatic carbocycles. The molecule has 0 spiro atoms. The van der Waals surface area contributed by atoms with Crippen molar-refractivity contribution in [3.05, 3.63) is 74.8 Å². The molecule has 0 aliphatic heterocycles. The standard InChI is InChI=1S/C18H10BrFN2S/c19-15-9-12(6-7-16(15)20)8-14(10-21)18-22-17(11-23-18)13-4-2-1-3-5-13/h1-9,11H/b14-8+. The van der Waals surface area contributed by atoms with Gasteiger partial charge in [-0.3, -0.25) is 0 Å². The largest absolute Gasteiger partial charge is 0.235 e. The van der Waals surface area contributed by atoms with Crippen LogP contribution < -0.4 is 0 Å². The van der Waals surface area contributed by atoms with Gasteiger partial charge in [0.05, 0.1) is 15.7 Å². The van der Waals surface area contributed by atoms with Crippen molar-refractivity contribution in [2.75, 3.05) is 0 Å². The van der Waals surface area contributed by atoms with E-state index in [4.69, 9.17) is 0 Å². The zero-order valence-corrected chi connectivity index (χ0v) is 14.2. The molecular weight excluding hydrogens is 375 g/mol. The van der Waals surface area contributed by atoms with E-state index in [2.05, 4.69) is 27.0 Å². The van der Waals surface area contributed by atoms with Gasteiger partial charge in [0, 0.05) is 10.9 Å². The van der Waals surface area contributed by atoms with Gasteiger partial charge >= 0.3 is 0 Å². The third-order valence-corrected chi connectivity index (χ3v) is 4.66. The molecule has 0 atom stereocenters. The molecule has 0 bridgehead atoms. The fraction of sp³-hybridized carbons (Fsp3) is 0. The molecule has 0 fully saturated rings. The maximum atomic E-state index is 13.3. The number of hydrogen-bond donors (Lipinski definition) is 0. The van der Waals surface area contributed by atoms with E-state index in [9.17, 15) is 9.65 Å². The summed E-state index contributed by atoms with van der Waals surface area (Å²) in [6.45, 7) is 0. The zero-order chi connectivity index (χ0) is 16.2. The average molecular weight is 385 g/mol. The van der Waals surface area contributed by atoms with Crippen LogP contribution in [-0.4, -0.2) is 4.98 Å². The molecule has 5 heteroatoms. The number of thiazole rings is 1. The quantitative estimate of drug-likeness (QED) is 0.536. The van der Waals surface area contributed by atoms with Crippen LogP contribution in [0.2, 0.25) is 0 Å². The van der Waals surface area contributed by atoms with Gasteiger partial charge in [-0.1, -0.05) is 36.4 Å². The zero-order valence-electron chi connectivity index (χ0n) is 11.8. The van der Waals surface area contributed by atoms with Crippen molar-refractivity contribution >= 4 is 38.9 Å². The molecule has 3 rings (SSSR count). The summed E-state index contributed by atoms with van der Waals surface area (Å²) in [5.74, 6) is -0.332. The van der Waals surface area contributed by atoms with Crippen LogP contribution in [0.15, 0.2) is 58.4 Å². The van der Waals surface area contributed by atoms with Gasteiger partial charge < -0.3 is 0 Å². The number of aromatic nitrogens is 1. The Labute approximate surface area is 145 Å². The molecule has 0 N–H and O–H groups in total. The topological polar surface area (TPSA) is 36.7 Å². The molecule has 112 valence electrons. The Morgan fingerprint density at radius 1 is 1.22 bits per heavy atom. The first-order valence-corrected chi connectivity index (χ1v) is 8.43. The van der Waals surface area contributed by atoms with Crippen LogP contribution in [0.3, 0.4) is 0 Å². The summed E-state index contributed by atoms with van der Waals surface area (Å²) in [6.07, 6.45) is 1.71. The SMILES string of the molecule is N#C/C(=C\c1ccc(F)c(Br)c1)c1nc(-c2ccccc2)cs1. The summed E-state index contributed by atoms with van der Waals surface area (Å²) in [5.41, 5.74) is 3.05. The van der Waals surface area contributed by atoms with Crippen LogP contribution in [0.5, 0.6) is 0 Å². The first-order chi connectivity index (χ1) is 11.2. The van der Waals surface area contributed by atoms with Crippen LogP contribution in [0, 0.1) is 17.1 Å². The van der Waals surface area contributed by atoms with Gasteiger partial charge in [0.1, 0.15) is 16.9 Å². The number of hydrogen-bond acceptors (Lipinski definition) is 3. The van der Waals surface area contributed by atoms with Crippen molar-refractivity contribution in [2.45, 2.75) is 0 Å². The van der Waals surface area contributed by atoms with E-state index in [0.29, 0.717) is 15.1 Å². The van der Waals surface area contributed by atoms with Crippen LogP contribution in [0.25, 0.3) is 22.9 Å². The van der Waals surface area contributed by atoms with Gasteiger partial charge in [0.15, 0.2) is 0 Å². The van der Waals surface area contributed by atoms with Gasteiger partial charge in [-0.15, -0.1) is 11.3 Å². The molecule has 0 amide bonds. The normalized spacial score (nSPS) is 11.3. The number of nitrogens with zero attached hydrogens (tertiary/aromatic N) is 2. The lowest BCUT2D eigenvalue weighted by Crippen LogP contribution is -1.84. The second kappa shape index (κ2) is 6.86. The summed E-state index contributed by atoms with van der Waals surface area (Å²) < 4.78 is 13.7. The Kier molecular flexibility index (Phi) is 4.65. The monoisotopic (exact) mass is 384 g/mol. The molecule has 0 saturated carbocycles. The molecular formula is C18H10BrFN2S. The number of benzene rings is 2. The van der Waals surface area contributed by atoms with E-state index in [1.807, 2.05) is 35.7 Å². The van der Waals surface area contributed by atoms with Crippen molar-refractivity contribution in [3.8, 4) is 17.3 Å². The third kappa shape index (κ3) is 3.55. The minimum Gasteiger partial charge on any atom is -0.235 e. The van der Waals surface area contributed by atoms with E-state index >= 15 is 0 Å². The molecule has 0 saturated heterocycles. The minimum absolute atomic E-state index is 0.332. The predicted octanol–water partition coefficient (Wildman–Crippen LogP) is 5.78. The Balaban J connectivity index is 1.96. The summed E-state index contributed by atoms with van der Waals surface area (Å²) in [6, 6.07) is 16.6. The van der Waals surface area contributed by atoms with Crippen LogP contribution >= 0.6 is 27.3 Å². The third-order valence-electron chi connectivity index (χ3n) is 3.18. The molecule has 1 heterocycles. The van der Waals surface area contributed by atoms with Gasteiger partial charge in [-0.05, 0) is 39.7 Å². The van der Waals surface area contributed by atoms with E-state index in [0.717, 1.165) is 16.8 Å². The highest BCUT2D eigenvalue weighted by atomic mass is 79.9. The van der Waals surface area contributed by atoms with Crippen molar-refractivity contribution in [3.63, 3.8) is 0 Å². The lowest BCUT2D eigenvalue weighted by Gasteiger charge is -1.98. The molecule has 3 aromatic rings. The van der Waals surface area contributed by atoms with Crippen molar-refractivity contribution in [1.29, 1.82) is 5.26 Å². The van der Waals surface area contributed by atoms with Crippen molar-refractivity contribution in [2.24, 2.45) is 0 Å². The number of nitriles is 1. The molecule has 1 aromatic heterocycles. The Bertz CT molecular complexity index is 910. The summed E-state index contributed by atoms with van der Waals surface area (Å²) in [5, 5.41) is 12.0. The maximum absolute atomic E-state index is 13.3. The maximum Gasteiger partial charge on any atom is 0.137 e. The number of rotatable bonds is 3. The van der Waals surface area contributed by atoms with E-state index in [-0.39, 0.29) is 5.82 Å². The second-order valence-electron chi connectivity index (χ2n) is 4.75. The molecule has 0 aliphatic carbocycles.